The molecule has 0 aliphatic carbocycles. The molecule has 136 valence electrons. The first-order valence-electron chi connectivity index (χ1n) is 7.91. The maximum atomic E-state index is 12.3. The molecule has 2 rings (SSSR count). The van der Waals surface area contributed by atoms with Crippen LogP contribution >= 0.6 is 0 Å². The summed E-state index contributed by atoms with van der Waals surface area (Å²) in [6, 6.07) is 13.3. The van der Waals surface area contributed by atoms with Gasteiger partial charge in [0.1, 0.15) is 5.75 Å². The van der Waals surface area contributed by atoms with Gasteiger partial charge in [0.25, 0.3) is 5.91 Å². The first-order chi connectivity index (χ1) is 12.5. The lowest BCUT2D eigenvalue weighted by atomic mass is 10.1. The molecule has 2 N–H and O–H groups in total. The molecule has 1 amide bonds. The zero-order valence-electron chi connectivity index (χ0n) is 14.4. The van der Waals surface area contributed by atoms with Gasteiger partial charge >= 0.3 is 0 Å². The minimum Gasteiger partial charge on any atom is -0.496 e. The highest BCUT2D eigenvalue weighted by Crippen LogP contribution is 2.17. The van der Waals surface area contributed by atoms with Crippen molar-refractivity contribution in [2.45, 2.75) is 11.3 Å². The molecule has 0 aliphatic rings. The van der Waals surface area contributed by atoms with Crippen molar-refractivity contribution in [2.75, 3.05) is 20.2 Å². The normalized spacial score (nSPS) is 10.8. The van der Waals surface area contributed by atoms with Crippen molar-refractivity contribution in [1.82, 2.24) is 10.0 Å². The van der Waals surface area contributed by atoms with Crippen LogP contribution in [-0.2, 0) is 16.4 Å². The highest BCUT2D eigenvalue weighted by molar-refractivity contribution is 7.89. The SMILES string of the molecule is C#CCNS(=O)(=O)c1cccc(C(=O)NCCc2ccccc2OC)c1. The lowest BCUT2D eigenvalue weighted by molar-refractivity contribution is 0.0954. The van der Waals surface area contributed by atoms with Crippen LogP contribution in [0.5, 0.6) is 5.75 Å². The van der Waals surface area contributed by atoms with Gasteiger partial charge in [0.05, 0.1) is 18.6 Å². The van der Waals surface area contributed by atoms with Gasteiger partial charge in [-0.1, -0.05) is 30.2 Å². The van der Waals surface area contributed by atoms with Crippen LogP contribution in [0.25, 0.3) is 0 Å². The Hall–Kier alpha value is -2.82. The quantitative estimate of drug-likeness (QED) is 0.689. The number of methoxy groups -OCH3 is 1. The highest BCUT2D eigenvalue weighted by Gasteiger charge is 2.15. The second-order valence-electron chi connectivity index (χ2n) is 5.37. The molecule has 0 heterocycles. The molecule has 0 fully saturated rings. The van der Waals surface area contributed by atoms with Crippen LogP contribution < -0.4 is 14.8 Å². The van der Waals surface area contributed by atoms with E-state index in [2.05, 4.69) is 16.0 Å². The van der Waals surface area contributed by atoms with E-state index in [0.29, 0.717) is 13.0 Å². The van der Waals surface area contributed by atoms with E-state index >= 15 is 0 Å². The first-order valence-corrected chi connectivity index (χ1v) is 9.39. The highest BCUT2D eigenvalue weighted by atomic mass is 32.2. The third-order valence-electron chi connectivity index (χ3n) is 3.64. The Bertz CT molecular complexity index is 917. The topological polar surface area (TPSA) is 84.5 Å². The lowest BCUT2D eigenvalue weighted by Crippen LogP contribution is -2.27. The molecule has 0 spiro atoms. The van der Waals surface area contributed by atoms with Gasteiger partial charge in [0, 0.05) is 12.1 Å². The molecule has 26 heavy (non-hydrogen) atoms. The van der Waals surface area contributed by atoms with E-state index in [1.165, 1.54) is 18.2 Å². The summed E-state index contributed by atoms with van der Waals surface area (Å²) in [6.45, 7) is 0.281. The number of hydrogen-bond donors (Lipinski definition) is 2. The van der Waals surface area contributed by atoms with Crippen molar-refractivity contribution in [1.29, 1.82) is 0 Å². The molecule has 6 nitrogen and oxygen atoms in total. The second-order valence-corrected chi connectivity index (χ2v) is 7.14. The van der Waals surface area contributed by atoms with Crippen LogP contribution in [0.15, 0.2) is 53.4 Å². The van der Waals surface area contributed by atoms with Gasteiger partial charge in [-0.3, -0.25) is 4.79 Å². The molecule has 7 heteroatoms. The Morgan fingerprint density at radius 3 is 2.69 bits per heavy atom. The van der Waals surface area contributed by atoms with E-state index in [1.807, 2.05) is 24.3 Å². The Kier molecular flexibility index (Phi) is 6.78. The summed E-state index contributed by atoms with van der Waals surface area (Å²) in [6.07, 6.45) is 5.66. The molecule has 0 unspecified atom stereocenters. The minimum absolute atomic E-state index is 0.00914. The molecular weight excluding hydrogens is 352 g/mol. The molecule has 0 atom stereocenters. The predicted octanol–water partition coefficient (Wildman–Crippen LogP) is 1.58. The minimum atomic E-state index is -3.74. The van der Waals surface area contributed by atoms with Crippen LogP contribution in [0, 0.1) is 12.3 Å². The van der Waals surface area contributed by atoms with Crippen LogP contribution in [0.4, 0.5) is 0 Å². The van der Waals surface area contributed by atoms with Gasteiger partial charge in [-0.15, -0.1) is 6.42 Å². The first kappa shape index (κ1) is 19.5. The zero-order valence-corrected chi connectivity index (χ0v) is 15.2. The fourth-order valence-corrected chi connectivity index (χ4v) is 3.33. The molecule has 0 aromatic heterocycles. The van der Waals surface area contributed by atoms with E-state index in [1.54, 1.807) is 13.2 Å². The van der Waals surface area contributed by atoms with Crippen molar-refractivity contribution in [3.05, 3.63) is 59.7 Å². The van der Waals surface area contributed by atoms with Gasteiger partial charge in [0.15, 0.2) is 0 Å². The Morgan fingerprint density at radius 2 is 1.96 bits per heavy atom. The second kappa shape index (κ2) is 9.04. The number of ether oxygens (including phenoxy) is 1. The molecule has 0 saturated heterocycles. The number of amides is 1. The van der Waals surface area contributed by atoms with Crippen molar-refractivity contribution in [3.8, 4) is 18.1 Å². The fraction of sp³-hybridized carbons (Fsp3) is 0.211. The third-order valence-corrected chi connectivity index (χ3v) is 5.04. The van der Waals surface area contributed by atoms with Crippen molar-refractivity contribution in [2.24, 2.45) is 0 Å². The third kappa shape index (κ3) is 5.09. The molecule has 0 radical (unpaired) electrons. The summed E-state index contributed by atoms with van der Waals surface area (Å²) in [5.41, 5.74) is 1.23. The number of sulfonamides is 1. The van der Waals surface area contributed by atoms with Gasteiger partial charge in [-0.25, -0.2) is 8.42 Å². The van der Waals surface area contributed by atoms with Gasteiger partial charge in [-0.05, 0) is 36.2 Å². The van der Waals surface area contributed by atoms with Crippen LogP contribution in [0.3, 0.4) is 0 Å². The summed E-state index contributed by atoms with van der Waals surface area (Å²) in [4.78, 5) is 12.3. The number of para-hydroxylation sites is 1. The van der Waals surface area contributed by atoms with Gasteiger partial charge in [0.2, 0.25) is 10.0 Å². The molecule has 2 aromatic rings. The smallest absolute Gasteiger partial charge is 0.251 e. The van der Waals surface area contributed by atoms with Crippen LogP contribution in [0.1, 0.15) is 15.9 Å². The van der Waals surface area contributed by atoms with E-state index in [9.17, 15) is 13.2 Å². The molecule has 0 bridgehead atoms. The molecule has 0 saturated carbocycles. The number of carbonyl (C=O) groups is 1. The number of nitrogens with one attached hydrogen (secondary N) is 2. The number of terminal acetylenes is 1. The van der Waals surface area contributed by atoms with E-state index in [4.69, 9.17) is 11.2 Å². The van der Waals surface area contributed by atoms with Crippen molar-refractivity contribution >= 4 is 15.9 Å². The monoisotopic (exact) mass is 372 g/mol. The molecule has 0 aliphatic heterocycles. The van der Waals surface area contributed by atoms with E-state index in [-0.39, 0.29) is 22.9 Å². The Balaban J connectivity index is 2.02. The number of carbonyl (C=O) groups excluding carboxylic acids is 1. The number of hydrogen-bond acceptors (Lipinski definition) is 4. The summed E-state index contributed by atoms with van der Waals surface area (Å²) in [5, 5.41) is 2.78. The fourth-order valence-electron chi connectivity index (χ4n) is 2.35. The maximum Gasteiger partial charge on any atom is 0.251 e. The summed E-state index contributed by atoms with van der Waals surface area (Å²) in [5.74, 6) is 2.61. The van der Waals surface area contributed by atoms with E-state index in [0.717, 1.165) is 11.3 Å². The Labute approximate surface area is 153 Å². The largest absolute Gasteiger partial charge is 0.496 e. The summed E-state index contributed by atoms with van der Waals surface area (Å²) >= 11 is 0. The van der Waals surface area contributed by atoms with Gasteiger partial charge < -0.3 is 10.1 Å². The van der Waals surface area contributed by atoms with Crippen LogP contribution in [-0.4, -0.2) is 34.5 Å². The lowest BCUT2D eigenvalue weighted by Gasteiger charge is -2.10. The average molecular weight is 372 g/mol. The number of benzene rings is 2. The predicted molar refractivity (Wildman–Crippen MR) is 99.5 cm³/mol. The van der Waals surface area contributed by atoms with Crippen molar-refractivity contribution < 1.29 is 17.9 Å². The zero-order chi connectivity index (χ0) is 19.0. The standard InChI is InChI=1S/C19H20N2O4S/c1-3-12-21-26(23,24)17-9-6-8-16(14-17)19(22)20-13-11-15-7-4-5-10-18(15)25-2/h1,4-10,14,21H,11-13H2,2H3,(H,20,22). The molecular formula is C19H20N2O4S. The summed E-state index contributed by atoms with van der Waals surface area (Å²) in [7, 11) is -2.15. The van der Waals surface area contributed by atoms with E-state index < -0.39 is 10.0 Å². The Morgan fingerprint density at radius 1 is 1.19 bits per heavy atom. The van der Waals surface area contributed by atoms with Crippen LogP contribution in [0.2, 0.25) is 0 Å². The molecule has 2 aromatic carbocycles. The van der Waals surface area contributed by atoms with Crippen molar-refractivity contribution in [3.63, 3.8) is 0 Å². The maximum absolute atomic E-state index is 12.3. The van der Waals surface area contributed by atoms with Gasteiger partial charge in [-0.2, -0.15) is 4.72 Å². The number of rotatable bonds is 8. The summed E-state index contributed by atoms with van der Waals surface area (Å²) < 4.78 is 31.7. The average Bonchev–Trinajstić information content (AvgIpc) is 2.66.